The quantitative estimate of drug-likeness (QED) is 0.459. The summed E-state index contributed by atoms with van der Waals surface area (Å²) < 4.78 is 5.76. The number of hydrogen-bond acceptors (Lipinski definition) is 3. The van der Waals surface area contributed by atoms with Crippen LogP contribution >= 0.6 is 0 Å². The number of fused-ring (bicyclic) bond motifs is 1. The number of benzene rings is 2. The van der Waals surface area contributed by atoms with Gasteiger partial charge >= 0.3 is 0 Å². The molecule has 0 radical (unpaired) electrons. The largest absolute Gasteiger partial charge is 0.493 e. The summed E-state index contributed by atoms with van der Waals surface area (Å²) in [5, 5.41) is 3.92. The number of hydrogen-bond donors (Lipinski definition) is 1. The first-order valence-electron chi connectivity index (χ1n) is 9.26. The summed E-state index contributed by atoms with van der Waals surface area (Å²) in [5.74, 6) is 0.722. The van der Waals surface area contributed by atoms with Crippen LogP contribution in [0, 0.1) is 0 Å². The van der Waals surface area contributed by atoms with Crippen LogP contribution in [0.1, 0.15) is 35.7 Å². The third-order valence-corrected chi connectivity index (χ3v) is 4.17. The molecule has 0 spiro atoms. The van der Waals surface area contributed by atoms with Crippen molar-refractivity contribution in [2.24, 2.45) is 0 Å². The monoisotopic (exact) mass is 360 g/mol. The maximum Gasteiger partial charge on any atom is 0.251 e. The van der Waals surface area contributed by atoms with Crippen molar-refractivity contribution >= 4 is 16.8 Å². The Morgan fingerprint density at radius 1 is 1.11 bits per heavy atom. The first-order chi connectivity index (χ1) is 13.3. The molecule has 27 heavy (non-hydrogen) atoms. The van der Waals surface area contributed by atoms with Gasteiger partial charge in [-0.05, 0) is 54.8 Å². The Bertz CT molecular complexity index is 934. The van der Waals surface area contributed by atoms with E-state index in [4.69, 9.17) is 4.74 Å². The Kier molecular flexibility index (Phi) is 6.58. The van der Waals surface area contributed by atoms with Crippen molar-refractivity contribution in [2.75, 3.05) is 6.61 Å². The fourth-order valence-electron chi connectivity index (χ4n) is 2.78. The van der Waals surface area contributed by atoms with E-state index < -0.39 is 0 Å². The SMILES string of the molecule is CC/C=C/CCOc1cccc(CNC(=O)c2ccc3ncccc3c2)c1. The van der Waals surface area contributed by atoms with Crippen molar-refractivity contribution in [2.45, 2.75) is 26.3 Å². The topological polar surface area (TPSA) is 51.2 Å². The lowest BCUT2D eigenvalue weighted by Crippen LogP contribution is -2.22. The second-order valence-electron chi connectivity index (χ2n) is 6.26. The number of pyridine rings is 1. The lowest BCUT2D eigenvalue weighted by Gasteiger charge is -2.09. The molecule has 0 bridgehead atoms. The number of ether oxygens (including phenoxy) is 1. The molecule has 1 aromatic heterocycles. The summed E-state index contributed by atoms with van der Waals surface area (Å²) in [6, 6.07) is 17.2. The van der Waals surface area contributed by atoms with Crippen molar-refractivity contribution in [3.8, 4) is 5.75 Å². The van der Waals surface area contributed by atoms with Crippen LogP contribution in [0.15, 0.2) is 72.9 Å². The highest BCUT2D eigenvalue weighted by molar-refractivity contribution is 5.97. The molecule has 0 fully saturated rings. The normalized spacial score (nSPS) is 11.0. The molecule has 0 aliphatic carbocycles. The fraction of sp³-hybridized carbons (Fsp3) is 0.217. The molecule has 0 aliphatic heterocycles. The molecule has 2 aromatic carbocycles. The number of rotatable bonds is 8. The van der Waals surface area contributed by atoms with Crippen molar-refractivity contribution in [1.82, 2.24) is 10.3 Å². The number of nitrogens with one attached hydrogen (secondary N) is 1. The van der Waals surface area contributed by atoms with Crippen LogP contribution in [-0.4, -0.2) is 17.5 Å². The average Bonchev–Trinajstić information content (AvgIpc) is 2.72. The predicted octanol–water partition coefficient (Wildman–Crippen LogP) is 4.90. The van der Waals surface area contributed by atoms with E-state index in [1.807, 2.05) is 48.5 Å². The second kappa shape index (κ2) is 9.53. The van der Waals surface area contributed by atoms with E-state index in [-0.39, 0.29) is 5.91 Å². The van der Waals surface area contributed by atoms with Crippen molar-refractivity contribution < 1.29 is 9.53 Å². The molecule has 3 rings (SSSR count). The van der Waals surface area contributed by atoms with Gasteiger partial charge in [0.2, 0.25) is 0 Å². The molecule has 0 unspecified atom stereocenters. The molecule has 3 aromatic rings. The minimum absolute atomic E-state index is 0.100. The molecular weight excluding hydrogens is 336 g/mol. The summed E-state index contributed by atoms with van der Waals surface area (Å²) in [4.78, 5) is 16.7. The van der Waals surface area contributed by atoms with Gasteiger partial charge in [-0.15, -0.1) is 0 Å². The van der Waals surface area contributed by atoms with Crippen molar-refractivity contribution in [3.63, 3.8) is 0 Å². The van der Waals surface area contributed by atoms with Gasteiger partial charge in [0, 0.05) is 23.7 Å². The van der Waals surface area contributed by atoms with E-state index in [9.17, 15) is 4.79 Å². The predicted molar refractivity (Wildman–Crippen MR) is 109 cm³/mol. The van der Waals surface area contributed by atoms with Crippen LogP contribution in [-0.2, 0) is 6.54 Å². The number of aromatic nitrogens is 1. The van der Waals surface area contributed by atoms with Crippen LogP contribution < -0.4 is 10.1 Å². The Hall–Kier alpha value is -3.14. The minimum atomic E-state index is -0.100. The lowest BCUT2D eigenvalue weighted by molar-refractivity contribution is 0.0951. The van der Waals surface area contributed by atoms with Gasteiger partial charge < -0.3 is 10.1 Å². The zero-order valence-electron chi connectivity index (χ0n) is 15.5. The van der Waals surface area contributed by atoms with E-state index >= 15 is 0 Å². The van der Waals surface area contributed by atoms with E-state index in [0.29, 0.717) is 18.7 Å². The van der Waals surface area contributed by atoms with Crippen molar-refractivity contribution in [1.29, 1.82) is 0 Å². The molecule has 1 heterocycles. The second-order valence-corrected chi connectivity index (χ2v) is 6.26. The first kappa shape index (κ1) is 18.6. The number of amides is 1. The highest BCUT2D eigenvalue weighted by Gasteiger charge is 2.07. The van der Waals surface area contributed by atoms with Gasteiger partial charge in [-0.3, -0.25) is 9.78 Å². The standard InChI is InChI=1S/C23H24N2O2/c1-2-3-4-5-14-27-21-10-6-8-18(15-21)17-25-23(26)20-11-12-22-19(16-20)9-7-13-24-22/h3-4,6-13,15-16H,2,5,14,17H2,1H3,(H,25,26)/b4-3+. The minimum Gasteiger partial charge on any atom is -0.493 e. The van der Waals surface area contributed by atoms with Gasteiger partial charge in [0.15, 0.2) is 0 Å². The Labute approximate surface area is 159 Å². The Morgan fingerprint density at radius 2 is 2.04 bits per heavy atom. The molecule has 0 atom stereocenters. The maximum atomic E-state index is 12.4. The summed E-state index contributed by atoms with van der Waals surface area (Å²) >= 11 is 0. The van der Waals surface area contributed by atoms with E-state index in [1.54, 1.807) is 12.3 Å². The van der Waals surface area contributed by atoms with E-state index in [1.165, 1.54) is 0 Å². The van der Waals surface area contributed by atoms with Gasteiger partial charge in [-0.25, -0.2) is 0 Å². The van der Waals surface area contributed by atoms with Gasteiger partial charge in [0.05, 0.1) is 12.1 Å². The number of nitrogens with zero attached hydrogens (tertiary/aromatic N) is 1. The zero-order chi connectivity index (χ0) is 18.9. The lowest BCUT2D eigenvalue weighted by atomic mass is 10.1. The maximum absolute atomic E-state index is 12.4. The molecule has 0 aliphatic rings. The summed E-state index contributed by atoms with van der Waals surface area (Å²) in [6.45, 7) is 3.22. The Morgan fingerprint density at radius 3 is 2.93 bits per heavy atom. The smallest absolute Gasteiger partial charge is 0.251 e. The van der Waals surface area contributed by atoms with E-state index in [0.717, 1.165) is 35.1 Å². The first-order valence-corrected chi connectivity index (χ1v) is 9.26. The summed E-state index contributed by atoms with van der Waals surface area (Å²) in [7, 11) is 0. The number of carbonyl (C=O) groups is 1. The molecule has 4 nitrogen and oxygen atoms in total. The van der Waals surface area contributed by atoms with Crippen LogP contribution in [0.3, 0.4) is 0 Å². The van der Waals surface area contributed by atoms with Gasteiger partial charge in [0.25, 0.3) is 5.91 Å². The van der Waals surface area contributed by atoms with E-state index in [2.05, 4.69) is 29.4 Å². The summed E-state index contributed by atoms with van der Waals surface area (Å²) in [5.41, 5.74) is 2.52. The van der Waals surface area contributed by atoms with Gasteiger partial charge in [-0.2, -0.15) is 0 Å². The molecule has 0 saturated heterocycles. The van der Waals surface area contributed by atoms with Crippen LogP contribution in [0.4, 0.5) is 0 Å². The number of carbonyl (C=O) groups excluding carboxylic acids is 1. The van der Waals surface area contributed by atoms with Gasteiger partial charge in [0.1, 0.15) is 5.75 Å². The number of allylic oxidation sites excluding steroid dienone is 1. The Balaban J connectivity index is 1.56. The molecule has 1 N–H and O–H groups in total. The van der Waals surface area contributed by atoms with Crippen LogP contribution in [0.2, 0.25) is 0 Å². The molecule has 4 heteroatoms. The highest BCUT2D eigenvalue weighted by atomic mass is 16.5. The highest BCUT2D eigenvalue weighted by Crippen LogP contribution is 2.15. The molecule has 0 saturated carbocycles. The third kappa shape index (κ3) is 5.42. The van der Waals surface area contributed by atoms with Crippen molar-refractivity contribution in [3.05, 3.63) is 84.1 Å². The molecule has 138 valence electrons. The third-order valence-electron chi connectivity index (χ3n) is 4.17. The van der Waals surface area contributed by atoms with Gasteiger partial charge in [-0.1, -0.05) is 37.3 Å². The average molecular weight is 360 g/mol. The fourth-order valence-corrected chi connectivity index (χ4v) is 2.78. The molecular formula is C23H24N2O2. The zero-order valence-corrected chi connectivity index (χ0v) is 15.5. The summed E-state index contributed by atoms with van der Waals surface area (Å²) in [6.07, 6.45) is 7.95. The van der Waals surface area contributed by atoms with Crippen LogP contribution in [0.25, 0.3) is 10.9 Å². The van der Waals surface area contributed by atoms with Crippen LogP contribution in [0.5, 0.6) is 5.75 Å². The molecule has 1 amide bonds.